The van der Waals surface area contributed by atoms with Crippen LogP contribution in [0.4, 0.5) is 0 Å². The molecule has 3 N–H and O–H groups in total. The van der Waals surface area contributed by atoms with Crippen LogP contribution < -0.4 is 10.6 Å². The van der Waals surface area contributed by atoms with Gasteiger partial charge in [-0.05, 0) is 29.8 Å². The normalized spacial score (nSPS) is 11.7. The Balaban J connectivity index is 1.49. The quantitative estimate of drug-likeness (QED) is 0.581. The Labute approximate surface area is 154 Å². The highest BCUT2D eigenvalue weighted by molar-refractivity contribution is 7.12. The van der Waals surface area contributed by atoms with E-state index in [9.17, 15) is 14.7 Å². The van der Waals surface area contributed by atoms with Gasteiger partial charge < -0.3 is 20.2 Å². The molecule has 0 bridgehead atoms. The second-order valence-electron chi connectivity index (χ2n) is 5.56. The Bertz CT molecular complexity index is 859. The fourth-order valence-electron chi connectivity index (χ4n) is 2.34. The Morgan fingerprint density at radius 1 is 0.962 bits per heavy atom. The minimum absolute atomic E-state index is 0.158. The van der Waals surface area contributed by atoms with Crippen molar-refractivity contribution in [1.82, 2.24) is 10.6 Å². The molecule has 0 saturated carbocycles. The van der Waals surface area contributed by atoms with Gasteiger partial charge in [-0.1, -0.05) is 30.3 Å². The summed E-state index contributed by atoms with van der Waals surface area (Å²) in [6.45, 7) is 0.380. The van der Waals surface area contributed by atoms with E-state index >= 15 is 0 Å². The van der Waals surface area contributed by atoms with Gasteiger partial charge in [-0.2, -0.15) is 0 Å². The van der Waals surface area contributed by atoms with Crippen LogP contribution in [0.3, 0.4) is 0 Å². The highest BCUT2D eigenvalue weighted by Crippen LogP contribution is 2.28. The van der Waals surface area contributed by atoms with E-state index in [-0.39, 0.29) is 13.1 Å². The van der Waals surface area contributed by atoms with Gasteiger partial charge in [-0.3, -0.25) is 9.59 Å². The number of rotatable bonds is 6. The fraction of sp³-hybridized carbons (Fsp3) is 0.158. The molecule has 1 unspecified atom stereocenters. The summed E-state index contributed by atoms with van der Waals surface area (Å²) in [6.07, 6.45) is 0.794. The molecule has 2 amide bonds. The van der Waals surface area contributed by atoms with E-state index in [4.69, 9.17) is 4.42 Å². The minimum Gasteiger partial charge on any atom is -0.467 e. The van der Waals surface area contributed by atoms with Crippen LogP contribution in [0.2, 0.25) is 0 Å². The van der Waals surface area contributed by atoms with Crippen molar-refractivity contribution in [3.63, 3.8) is 0 Å². The maximum atomic E-state index is 11.8. The van der Waals surface area contributed by atoms with E-state index in [0.29, 0.717) is 5.76 Å². The average Bonchev–Trinajstić information content (AvgIpc) is 3.36. The molecule has 0 radical (unpaired) electrons. The first-order valence-corrected chi connectivity index (χ1v) is 8.85. The van der Waals surface area contributed by atoms with Gasteiger partial charge in [-0.15, -0.1) is 11.3 Å². The monoisotopic (exact) mass is 370 g/mol. The van der Waals surface area contributed by atoms with E-state index in [2.05, 4.69) is 10.6 Å². The lowest BCUT2D eigenvalue weighted by Gasteiger charge is -2.08. The Hall–Kier alpha value is -2.90. The van der Waals surface area contributed by atoms with Gasteiger partial charge in [0.15, 0.2) is 0 Å². The standard InChI is InChI=1S/C19H18N2O4S/c22-17(13-5-2-1-3-6-13)16-9-8-15(26-16)12-21-19(24)18(23)20-11-14-7-4-10-25-14/h1-10,17,22H,11-12H2,(H,20,23)(H,21,24). The summed E-state index contributed by atoms with van der Waals surface area (Å²) >= 11 is 1.39. The maximum absolute atomic E-state index is 11.8. The summed E-state index contributed by atoms with van der Waals surface area (Å²) in [5.41, 5.74) is 0.808. The summed E-state index contributed by atoms with van der Waals surface area (Å²) in [5, 5.41) is 15.4. The van der Waals surface area contributed by atoms with Crippen molar-refractivity contribution in [3.05, 3.63) is 81.9 Å². The van der Waals surface area contributed by atoms with Crippen LogP contribution in [0.1, 0.15) is 27.2 Å². The predicted octanol–water partition coefficient (Wildman–Crippen LogP) is 2.36. The largest absolute Gasteiger partial charge is 0.467 e. The van der Waals surface area contributed by atoms with Crippen molar-refractivity contribution in [2.75, 3.05) is 0 Å². The van der Waals surface area contributed by atoms with E-state index in [1.165, 1.54) is 17.6 Å². The molecule has 2 aromatic heterocycles. The zero-order chi connectivity index (χ0) is 18.4. The third-order valence-electron chi connectivity index (χ3n) is 3.70. The maximum Gasteiger partial charge on any atom is 0.309 e. The SMILES string of the molecule is O=C(NCc1ccco1)C(=O)NCc1ccc(C(O)c2ccccc2)s1. The number of hydrogen-bond acceptors (Lipinski definition) is 5. The van der Waals surface area contributed by atoms with Crippen molar-refractivity contribution in [1.29, 1.82) is 0 Å². The number of hydrogen-bond donors (Lipinski definition) is 3. The van der Waals surface area contributed by atoms with Crippen LogP contribution in [0, 0.1) is 0 Å². The van der Waals surface area contributed by atoms with Crippen LogP contribution in [0.15, 0.2) is 65.3 Å². The second-order valence-corrected chi connectivity index (χ2v) is 6.76. The molecule has 26 heavy (non-hydrogen) atoms. The number of carbonyl (C=O) groups is 2. The lowest BCUT2D eigenvalue weighted by Crippen LogP contribution is -2.39. The van der Waals surface area contributed by atoms with E-state index in [1.54, 1.807) is 12.1 Å². The molecule has 0 saturated heterocycles. The Kier molecular flexibility index (Phi) is 5.83. The molecule has 7 heteroatoms. The number of furan rings is 1. The molecule has 1 aromatic carbocycles. The molecule has 0 aliphatic rings. The molecule has 2 heterocycles. The summed E-state index contributed by atoms with van der Waals surface area (Å²) in [6, 6.07) is 16.4. The van der Waals surface area contributed by atoms with E-state index < -0.39 is 17.9 Å². The highest BCUT2D eigenvalue weighted by atomic mass is 32.1. The molecule has 6 nitrogen and oxygen atoms in total. The van der Waals surface area contributed by atoms with Crippen LogP contribution in [0.25, 0.3) is 0 Å². The molecular formula is C19H18N2O4S. The van der Waals surface area contributed by atoms with Gasteiger partial charge in [-0.25, -0.2) is 0 Å². The molecule has 0 aliphatic heterocycles. The lowest BCUT2D eigenvalue weighted by atomic mass is 10.1. The average molecular weight is 370 g/mol. The van der Waals surface area contributed by atoms with Crippen LogP contribution in [-0.4, -0.2) is 16.9 Å². The van der Waals surface area contributed by atoms with Crippen LogP contribution in [-0.2, 0) is 22.7 Å². The molecular weight excluding hydrogens is 352 g/mol. The number of carbonyl (C=O) groups excluding carboxylic acids is 2. The summed E-state index contributed by atoms with van der Waals surface area (Å²) in [4.78, 5) is 25.2. The van der Waals surface area contributed by atoms with Crippen molar-refractivity contribution < 1.29 is 19.1 Å². The van der Waals surface area contributed by atoms with Gasteiger partial charge in [0.2, 0.25) is 0 Å². The van der Waals surface area contributed by atoms with E-state index in [1.807, 2.05) is 42.5 Å². The van der Waals surface area contributed by atoms with Gasteiger partial charge in [0, 0.05) is 9.75 Å². The van der Waals surface area contributed by atoms with Crippen molar-refractivity contribution in [2.24, 2.45) is 0 Å². The zero-order valence-corrected chi connectivity index (χ0v) is 14.7. The Morgan fingerprint density at radius 2 is 1.69 bits per heavy atom. The zero-order valence-electron chi connectivity index (χ0n) is 13.8. The molecule has 3 rings (SSSR count). The summed E-state index contributed by atoms with van der Waals surface area (Å²) in [7, 11) is 0. The highest BCUT2D eigenvalue weighted by Gasteiger charge is 2.15. The first-order valence-electron chi connectivity index (χ1n) is 8.03. The second kappa shape index (κ2) is 8.46. The van der Waals surface area contributed by atoms with Gasteiger partial charge in [0.05, 0.1) is 19.4 Å². The number of aliphatic hydroxyl groups is 1. The summed E-state index contributed by atoms with van der Waals surface area (Å²) in [5.74, 6) is -0.860. The van der Waals surface area contributed by atoms with E-state index in [0.717, 1.165) is 15.3 Å². The van der Waals surface area contributed by atoms with Gasteiger partial charge in [0.25, 0.3) is 0 Å². The topological polar surface area (TPSA) is 91.6 Å². The van der Waals surface area contributed by atoms with Crippen molar-refractivity contribution in [3.8, 4) is 0 Å². The number of nitrogens with one attached hydrogen (secondary N) is 2. The molecule has 134 valence electrons. The third-order valence-corrected chi connectivity index (χ3v) is 4.84. The summed E-state index contributed by atoms with van der Waals surface area (Å²) < 4.78 is 5.09. The molecule has 1 atom stereocenters. The van der Waals surface area contributed by atoms with Crippen LogP contribution >= 0.6 is 11.3 Å². The number of amides is 2. The van der Waals surface area contributed by atoms with Crippen molar-refractivity contribution in [2.45, 2.75) is 19.2 Å². The Morgan fingerprint density at radius 3 is 2.38 bits per heavy atom. The number of thiophene rings is 1. The fourth-order valence-corrected chi connectivity index (χ4v) is 3.31. The molecule has 0 spiro atoms. The molecule has 0 aliphatic carbocycles. The smallest absolute Gasteiger partial charge is 0.309 e. The first kappa shape index (κ1) is 17.9. The third kappa shape index (κ3) is 4.59. The first-order chi connectivity index (χ1) is 12.6. The van der Waals surface area contributed by atoms with Crippen molar-refractivity contribution >= 4 is 23.2 Å². The lowest BCUT2D eigenvalue weighted by molar-refractivity contribution is -0.139. The van der Waals surface area contributed by atoms with Crippen LogP contribution in [0.5, 0.6) is 0 Å². The molecule has 0 fully saturated rings. The number of aliphatic hydroxyl groups excluding tert-OH is 1. The minimum atomic E-state index is -0.720. The molecule has 3 aromatic rings. The van der Waals surface area contributed by atoms with Gasteiger partial charge >= 0.3 is 11.8 Å². The number of benzene rings is 1. The van der Waals surface area contributed by atoms with Gasteiger partial charge in [0.1, 0.15) is 11.9 Å². The predicted molar refractivity (Wildman–Crippen MR) is 97.2 cm³/mol.